The minimum atomic E-state index is -1.00. The highest BCUT2D eigenvalue weighted by atomic mass is 16.4. The minimum absolute atomic E-state index is 0.0917. The molecule has 0 aliphatic carbocycles. The number of aryl methyl sites for hydroxylation is 2. The number of carboxylic acids is 1. The zero-order valence-corrected chi connectivity index (χ0v) is 9.43. The molecule has 88 valence electrons. The minimum Gasteiger partial charge on any atom is -0.476 e. The molecular formula is C12H12N2O3. The number of aromatic nitrogens is 2. The second-order valence-electron chi connectivity index (χ2n) is 4.21. The van der Waals surface area contributed by atoms with E-state index in [9.17, 15) is 9.90 Å². The molecule has 1 aliphatic heterocycles. The molecule has 1 N–H and O–H groups in total. The molecular weight excluding hydrogens is 220 g/mol. The molecule has 0 unspecified atom stereocenters. The Bertz CT molecular complexity index is 595. The van der Waals surface area contributed by atoms with Gasteiger partial charge >= 0.3 is 5.97 Å². The first-order valence-corrected chi connectivity index (χ1v) is 5.56. The molecule has 3 heterocycles. The summed E-state index contributed by atoms with van der Waals surface area (Å²) in [6, 6.07) is 3.64. The summed E-state index contributed by atoms with van der Waals surface area (Å²) in [6.45, 7) is 2.63. The molecule has 5 nitrogen and oxygen atoms in total. The highest BCUT2D eigenvalue weighted by molar-refractivity contribution is 5.94. The third kappa shape index (κ3) is 1.46. The van der Waals surface area contributed by atoms with Crippen molar-refractivity contribution in [2.45, 2.75) is 26.3 Å². The summed E-state index contributed by atoms with van der Waals surface area (Å²) in [4.78, 5) is 11.2. The van der Waals surface area contributed by atoms with Crippen molar-refractivity contribution in [1.82, 2.24) is 9.78 Å². The summed E-state index contributed by atoms with van der Waals surface area (Å²) in [5.74, 6) is 0.369. The zero-order chi connectivity index (χ0) is 12.0. The van der Waals surface area contributed by atoms with Crippen LogP contribution in [0.2, 0.25) is 0 Å². The van der Waals surface area contributed by atoms with Crippen LogP contribution >= 0.6 is 0 Å². The monoisotopic (exact) mass is 232 g/mol. The Hall–Kier alpha value is -2.04. The molecule has 0 fully saturated rings. The molecule has 0 spiro atoms. The Morgan fingerprint density at radius 2 is 2.35 bits per heavy atom. The number of hydrogen-bond acceptors (Lipinski definition) is 3. The van der Waals surface area contributed by atoms with Crippen molar-refractivity contribution >= 4 is 5.97 Å². The lowest BCUT2D eigenvalue weighted by atomic mass is 10.1. The molecule has 0 saturated carbocycles. The van der Waals surface area contributed by atoms with Crippen LogP contribution in [0.25, 0.3) is 11.3 Å². The Morgan fingerprint density at radius 1 is 1.53 bits per heavy atom. The summed E-state index contributed by atoms with van der Waals surface area (Å²) in [6.07, 6.45) is 1.87. The first-order valence-electron chi connectivity index (χ1n) is 5.56. The van der Waals surface area contributed by atoms with Crippen molar-refractivity contribution in [3.05, 3.63) is 29.3 Å². The number of nitrogens with zero attached hydrogens (tertiary/aromatic N) is 2. The molecule has 0 aromatic carbocycles. The number of hydrogen-bond donors (Lipinski definition) is 1. The standard InChI is InChI=1S/C12H12N2O3/c1-7-4-5-9(17-7)10-8-3-2-6-14(8)13-11(10)12(15)16/h4-5H,2-3,6H2,1H3,(H,15,16). The lowest BCUT2D eigenvalue weighted by molar-refractivity contribution is 0.0690. The van der Waals surface area contributed by atoms with Crippen molar-refractivity contribution in [2.24, 2.45) is 0 Å². The molecule has 0 radical (unpaired) electrons. The van der Waals surface area contributed by atoms with Crippen molar-refractivity contribution in [2.75, 3.05) is 0 Å². The quantitative estimate of drug-likeness (QED) is 0.860. The predicted octanol–water partition coefficient (Wildman–Crippen LogP) is 2.10. The average Bonchev–Trinajstić information content (AvgIpc) is 2.90. The molecule has 3 rings (SSSR count). The van der Waals surface area contributed by atoms with Crippen LogP contribution in [0.1, 0.15) is 28.4 Å². The fraction of sp³-hybridized carbons (Fsp3) is 0.333. The molecule has 2 aromatic heterocycles. The number of rotatable bonds is 2. The molecule has 2 aromatic rings. The SMILES string of the molecule is Cc1ccc(-c2c(C(=O)O)nn3c2CCC3)o1. The van der Waals surface area contributed by atoms with E-state index in [0.717, 1.165) is 30.8 Å². The molecule has 1 aliphatic rings. The smallest absolute Gasteiger partial charge is 0.357 e. The van der Waals surface area contributed by atoms with Gasteiger partial charge in [-0.3, -0.25) is 4.68 Å². The number of aromatic carboxylic acids is 1. The molecule has 0 bridgehead atoms. The van der Waals surface area contributed by atoms with Crippen molar-refractivity contribution in [1.29, 1.82) is 0 Å². The van der Waals surface area contributed by atoms with Crippen LogP contribution in [0.5, 0.6) is 0 Å². The Balaban J connectivity index is 2.23. The normalized spacial score (nSPS) is 13.9. The summed E-state index contributed by atoms with van der Waals surface area (Å²) >= 11 is 0. The van der Waals surface area contributed by atoms with E-state index in [-0.39, 0.29) is 5.69 Å². The zero-order valence-electron chi connectivity index (χ0n) is 9.43. The van der Waals surface area contributed by atoms with Crippen LogP contribution in [-0.4, -0.2) is 20.9 Å². The second kappa shape index (κ2) is 3.48. The first-order chi connectivity index (χ1) is 8.16. The third-order valence-electron chi connectivity index (χ3n) is 3.03. The maximum Gasteiger partial charge on any atom is 0.357 e. The largest absolute Gasteiger partial charge is 0.476 e. The maximum atomic E-state index is 11.2. The average molecular weight is 232 g/mol. The Labute approximate surface area is 97.7 Å². The van der Waals surface area contributed by atoms with Gasteiger partial charge in [-0.25, -0.2) is 4.79 Å². The van der Waals surface area contributed by atoms with Crippen molar-refractivity contribution < 1.29 is 14.3 Å². The van der Waals surface area contributed by atoms with Crippen LogP contribution < -0.4 is 0 Å². The number of fused-ring (bicyclic) bond motifs is 1. The highest BCUT2D eigenvalue weighted by Gasteiger charge is 2.27. The molecule has 17 heavy (non-hydrogen) atoms. The number of furan rings is 1. The van der Waals surface area contributed by atoms with Gasteiger partial charge in [0.1, 0.15) is 11.5 Å². The van der Waals surface area contributed by atoms with E-state index in [2.05, 4.69) is 5.10 Å². The number of carbonyl (C=O) groups is 1. The van der Waals surface area contributed by atoms with Crippen LogP contribution in [0.4, 0.5) is 0 Å². The van der Waals surface area contributed by atoms with Gasteiger partial charge in [-0.05, 0) is 31.9 Å². The van der Waals surface area contributed by atoms with Crippen molar-refractivity contribution in [3.63, 3.8) is 0 Å². The summed E-state index contributed by atoms with van der Waals surface area (Å²) in [5, 5.41) is 13.3. The van der Waals surface area contributed by atoms with Crippen molar-refractivity contribution in [3.8, 4) is 11.3 Å². The van der Waals surface area contributed by atoms with Gasteiger partial charge in [0.25, 0.3) is 0 Å². The molecule has 0 amide bonds. The molecule has 5 heteroatoms. The van der Waals surface area contributed by atoms with Gasteiger partial charge in [-0.2, -0.15) is 5.10 Å². The lowest BCUT2D eigenvalue weighted by Gasteiger charge is -1.98. The molecule has 0 saturated heterocycles. The first kappa shape index (κ1) is 10.1. The van der Waals surface area contributed by atoms with Gasteiger partial charge in [0.2, 0.25) is 0 Å². The topological polar surface area (TPSA) is 68.3 Å². The van der Waals surface area contributed by atoms with Crippen LogP contribution in [0.15, 0.2) is 16.5 Å². The van der Waals surface area contributed by atoms with Crippen LogP contribution in [0.3, 0.4) is 0 Å². The van der Waals surface area contributed by atoms with Gasteiger partial charge in [-0.15, -0.1) is 0 Å². The third-order valence-corrected chi connectivity index (χ3v) is 3.03. The summed E-state index contributed by atoms with van der Waals surface area (Å²) in [5.41, 5.74) is 1.70. The van der Waals surface area contributed by atoms with Gasteiger partial charge < -0.3 is 9.52 Å². The highest BCUT2D eigenvalue weighted by Crippen LogP contribution is 2.32. The lowest BCUT2D eigenvalue weighted by Crippen LogP contribution is -2.02. The van der Waals surface area contributed by atoms with Crippen LogP contribution in [0, 0.1) is 6.92 Å². The Morgan fingerprint density at radius 3 is 3.00 bits per heavy atom. The summed E-state index contributed by atoms with van der Waals surface area (Å²) < 4.78 is 7.30. The van der Waals surface area contributed by atoms with E-state index in [4.69, 9.17) is 4.42 Å². The maximum absolute atomic E-state index is 11.2. The summed E-state index contributed by atoms with van der Waals surface area (Å²) in [7, 11) is 0. The molecule has 0 atom stereocenters. The van der Waals surface area contributed by atoms with E-state index in [1.807, 2.05) is 13.0 Å². The van der Waals surface area contributed by atoms with Gasteiger partial charge in [0.15, 0.2) is 5.69 Å². The van der Waals surface area contributed by atoms with E-state index in [1.54, 1.807) is 10.7 Å². The van der Waals surface area contributed by atoms with Crippen LogP contribution in [-0.2, 0) is 13.0 Å². The van der Waals surface area contributed by atoms with E-state index < -0.39 is 5.97 Å². The fourth-order valence-corrected chi connectivity index (χ4v) is 2.31. The number of carboxylic acid groups (broad SMARTS) is 1. The second-order valence-corrected chi connectivity index (χ2v) is 4.21. The van der Waals surface area contributed by atoms with E-state index in [1.165, 1.54) is 0 Å². The van der Waals surface area contributed by atoms with Gasteiger partial charge in [-0.1, -0.05) is 0 Å². The fourth-order valence-electron chi connectivity index (χ4n) is 2.31. The Kier molecular flexibility index (Phi) is 2.07. The van der Waals surface area contributed by atoms with Gasteiger partial charge in [0.05, 0.1) is 11.3 Å². The van der Waals surface area contributed by atoms with Gasteiger partial charge in [0, 0.05) is 6.54 Å². The predicted molar refractivity (Wildman–Crippen MR) is 59.9 cm³/mol. The van der Waals surface area contributed by atoms with E-state index in [0.29, 0.717) is 11.3 Å². The van der Waals surface area contributed by atoms with E-state index >= 15 is 0 Å².